The predicted octanol–water partition coefficient (Wildman–Crippen LogP) is 0.547. The molecule has 1 N–H and O–H groups in total. The zero-order valence-corrected chi connectivity index (χ0v) is 9.63. The molecule has 0 aliphatic carbocycles. The van der Waals surface area contributed by atoms with Gasteiger partial charge in [-0.15, -0.1) is 4.58 Å². The second-order valence-corrected chi connectivity index (χ2v) is 3.37. The fourth-order valence-corrected chi connectivity index (χ4v) is 1.53. The van der Waals surface area contributed by atoms with E-state index in [-0.39, 0.29) is 12.5 Å². The van der Waals surface area contributed by atoms with Crippen LogP contribution in [0.25, 0.3) is 0 Å². The average molecular weight is 244 g/mol. The lowest BCUT2D eigenvalue weighted by atomic mass is 10.3. The van der Waals surface area contributed by atoms with Crippen molar-refractivity contribution in [1.82, 2.24) is 0 Å². The Kier molecular flexibility index (Phi) is 4.65. The van der Waals surface area contributed by atoms with Crippen molar-refractivity contribution in [3.05, 3.63) is 11.6 Å². The molecule has 0 spiro atoms. The van der Waals surface area contributed by atoms with Crippen LogP contribution in [-0.2, 0) is 19.2 Å². The third kappa shape index (κ3) is 3.28. The van der Waals surface area contributed by atoms with Crippen molar-refractivity contribution < 1.29 is 33.8 Å². The highest BCUT2D eigenvalue weighted by Gasteiger charge is 2.31. The molecule has 0 saturated carbocycles. The van der Waals surface area contributed by atoms with Crippen LogP contribution in [0.5, 0.6) is 0 Å². The Morgan fingerprint density at radius 1 is 1.53 bits per heavy atom. The first-order valence-electron chi connectivity index (χ1n) is 4.99. The summed E-state index contributed by atoms with van der Waals surface area (Å²) >= 11 is 0. The molecule has 17 heavy (non-hydrogen) atoms. The van der Waals surface area contributed by atoms with Gasteiger partial charge in [0, 0.05) is 6.42 Å². The third-order valence-corrected chi connectivity index (χ3v) is 2.20. The molecule has 94 valence electrons. The number of carbonyl (C=O) groups excluding carboxylic acids is 2. The summed E-state index contributed by atoms with van der Waals surface area (Å²) in [5, 5.41) is 7.93. The van der Waals surface area contributed by atoms with Crippen LogP contribution in [-0.4, -0.2) is 48.1 Å². The fourth-order valence-electron chi connectivity index (χ4n) is 1.53. The smallest absolute Gasteiger partial charge is 0.447 e. The number of rotatable bonds is 4. The van der Waals surface area contributed by atoms with Crippen LogP contribution in [0.1, 0.15) is 13.3 Å². The van der Waals surface area contributed by atoms with Gasteiger partial charge in [-0.1, -0.05) is 0 Å². The van der Waals surface area contributed by atoms with Gasteiger partial charge in [0.05, 0.1) is 18.8 Å². The normalized spacial score (nSPS) is 14.8. The lowest BCUT2D eigenvalue weighted by Gasteiger charge is -2.01. The van der Waals surface area contributed by atoms with Crippen LogP contribution < -0.4 is 0 Å². The molecule has 0 saturated heterocycles. The summed E-state index contributed by atoms with van der Waals surface area (Å²) in [4.78, 5) is 25.3. The molecule has 0 aromatic rings. The monoisotopic (exact) mass is 244 g/mol. The second kappa shape index (κ2) is 6.00. The van der Waals surface area contributed by atoms with Gasteiger partial charge < -0.3 is 9.47 Å². The van der Waals surface area contributed by atoms with E-state index in [1.807, 2.05) is 0 Å². The van der Waals surface area contributed by atoms with Crippen LogP contribution >= 0.6 is 0 Å². The Morgan fingerprint density at radius 2 is 2.24 bits per heavy atom. The number of methoxy groups -OCH3 is 1. The van der Waals surface area contributed by atoms with Crippen molar-refractivity contribution in [2.24, 2.45) is 0 Å². The quantitative estimate of drug-likeness (QED) is 0.255. The van der Waals surface area contributed by atoms with Gasteiger partial charge >= 0.3 is 18.0 Å². The Balaban J connectivity index is 2.44. The summed E-state index contributed by atoms with van der Waals surface area (Å²) in [5.74, 6) is 0.337. The molecule has 7 heteroatoms. The van der Waals surface area contributed by atoms with Gasteiger partial charge in [0.2, 0.25) is 0 Å². The number of hydrogen-bond acceptors (Lipinski definition) is 6. The summed E-state index contributed by atoms with van der Waals surface area (Å²) < 4.78 is 11.0. The number of nitrogens with zero attached hydrogens (tertiary/aromatic N) is 1. The van der Waals surface area contributed by atoms with E-state index >= 15 is 0 Å². The topological polar surface area (TPSA) is 85.1 Å². The van der Waals surface area contributed by atoms with E-state index in [9.17, 15) is 9.59 Å². The molecule has 0 aromatic heterocycles. The number of carbonyl (C=O) groups is 2. The van der Waals surface area contributed by atoms with E-state index in [0.29, 0.717) is 18.9 Å². The molecule has 0 fully saturated rings. The fraction of sp³-hybridized carbons (Fsp3) is 0.500. The van der Waals surface area contributed by atoms with Gasteiger partial charge in [0.1, 0.15) is 6.61 Å². The molecule has 0 radical (unpaired) electrons. The molecule has 1 heterocycles. The van der Waals surface area contributed by atoms with E-state index in [1.54, 1.807) is 6.92 Å². The van der Waals surface area contributed by atoms with Gasteiger partial charge in [-0.25, -0.2) is 9.59 Å². The summed E-state index contributed by atoms with van der Waals surface area (Å²) in [5.41, 5.74) is 0.758. The van der Waals surface area contributed by atoms with E-state index < -0.39 is 6.16 Å². The first kappa shape index (κ1) is 13.2. The number of amides is 1. The maximum absolute atomic E-state index is 11.5. The Bertz CT molecular complexity index is 384. The highest BCUT2D eigenvalue weighted by atomic mass is 17.1. The summed E-state index contributed by atoms with van der Waals surface area (Å²) in [6.07, 6.45) is 0.722. The largest absolute Gasteiger partial charge is 0.540 e. The van der Waals surface area contributed by atoms with Crippen LogP contribution in [0.2, 0.25) is 0 Å². The van der Waals surface area contributed by atoms with Gasteiger partial charge in [-0.2, -0.15) is 5.26 Å². The van der Waals surface area contributed by atoms with Gasteiger partial charge in [0.25, 0.3) is 0 Å². The molecule has 0 atom stereocenters. The van der Waals surface area contributed by atoms with Crippen LogP contribution in [0.15, 0.2) is 11.6 Å². The lowest BCUT2D eigenvalue weighted by Crippen LogP contribution is -2.25. The Hall–Kier alpha value is -1.89. The first-order valence-corrected chi connectivity index (χ1v) is 4.99. The maximum Gasteiger partial charge on any atom is 0.540 e. The van der Waals surface area contributed by atoms with Gasteiger partial charge in [0.15, 0.2) is 6.54 Å². The SMILES string of the molecule is COC1=[N+](CCCOC(=O)OO)C(=O)C=C1C. The summed E-state index contributed by atoms with van der Waals surface area (Å²) in [6, 6.07) is 0. The predicted molar refractivity (Wildman–Crippen MR) is 55.6 cm³/mol. The minimum absolute atomic E-state index is 0.0409. The van der Waals surface area contributed by atoms with Gasteiger partial charge in [-0.05, 0) is 6.92 Å². The molecule has 7 nitrogen and oxygen atoms in total. The van der Waals surface area contributed by atoms with Crippen molar-refractivity contribution in [2.75, 3.05) is 20.3 Å². The molecule has 0 bridgehead atoms. The van der Waals surface area contributed by atoms with E-state index in [4.69, 9.17) is 9.99 Å². The maximum atomic E-state index is 11.5. The van der Waals surface area contributed by atoms with Crippen LogP contribution in [0.4, 0.5) is 4.79 Å². The molecule has 1 aliphatic rings. The van der Waals surface area contributed by atoms with Crippen molar-refractivity contribution >= 4 is 18.0 Å². The molecule has 1 aliphatic heterocycles. The summed E-state index contributed by atoms with van der Waals surface area (Å²) in [7, 11) is 1.48. The van der Waals surface area contributed by atoms with Gasteiger partial charge in [-0.3, -0.25) is 4.89 Å². The molecular formula is C10H14NO6+. The Morgan fingerprint density at radius 3 is 2.82 bits per heavy atom. The second-order valence-electron chi connectivity index (χ2n) is 3.37. The van der Waals surface area contributed by atoms with Crippen molar-refractivity contribution in [3.63, 3.8) is 0 Å². The van der Waals surface area contributed by atoms with Crippen molar-refractivity contribution in [2.45, 2.75) is 13.3 Å². The minimum Gasteiger partial charge on any atom is -0.447 e. The zero-order chi connectivity index (χ0) is 12.8. The first-order chi connectivity index (χ1) is 8.10. The summed E-state index contributed by atoms with van der Waals surface area (Å²) in [6.45, 7) is 2.17. The number of hydrogen-bond donors (Lipinski definition) is 1. The van der Waals surface area contributed by atoms with Crippen molar-refractivity contribution in [3.8, 4) is 0 Å². The van der Waals surface area contributed by atoms with E-state index in [0.717, 1.165) is 5.57 Å². The third-order valence-electron chi connectivity index (χ3n) is 2.20. The highest BCUT2D eigenvalue weighted by Crippen LogP contribution is 2.08. The molecule has 1 amide bonds. The van der Waals surface area contributed by atoms with Crippen molar-refractivity contribution in [1.29, 1.82) is 0 Å². The van der Waals surface area contributed by atoms with Crippen LogP contribution in [0, 0.1) is 0 Å². The molecular weight excluding hydrogens is 230 g/mol. The van der Waals surface area contributed by atoms with Crippen LogP contribution in [0.3, 0.4) is 0 Å². The Labute approximate surface area is 97.8 Å². The standard InChI is InChI=1S/C10H13NO6/c1-7-6-8(12)11(9(7)15-2)4-3-5-16-10(13)17-14/h6H,3-5H2,1-2H3/p+1. The highest BCUT2D eigenvalue weighted by molar-refractivity contribution is 6.03. The average Bonchev–Trinajstić information content (AvgIpc) is 2.58. The minimum atomic E-state index is -1.16. The molecule has 0 unspecified atom stereocenters. The zero-order valence-electron chi connectivity index (χ0n) is 9.63. The molecule has 1 rings (SSSR count). The lowest BCUT2D eigenvalue weighted by molar-refractivity contribution is -0.450. The van der Waals surface area contributed by atoms with E-state index in [2.05, 4.69) is 9.62 Å². The molecule has 0 aromatic carbocycles. The number of ether oxygens (including phenoxy) is 2. The van der Waals surface area contributed by atoms with E-state index in [1.165, 1.54) is 17.8 Å².